The first-order valence-electron chi connectivity index (χ1n) is 4.09. The lowest BCUT2D eigenvalue weighted by molar-refractivity contribution is 0.603. The van der Waals surface area contributed by atoms with E-state index in [9.17, 15) is 8.78 Å². The van der Waals surface area contributed by atoms with Gasteiger partial charge in [-0.3, -0.25) is 0 Å². The van der Waals surface area contributed by atoms with Crippen molar-refractivity contribution >= 4 is 11.3 Å². The summed E-state index contributed by atoms with van der Waals surface area (Å²) in [4.78, 5) is 0. The standard InChI is InChI=1S/C11H7F2S/c1-7-5-14-6-10(7)9-4-8(12)2-3-11(9)13/h2-4,6H,1H3. The lowest BCUT2D eigenvalue weighted by atomic mass is 10.1. The van der Waals surface area contributed by atoms with Crippen LogP contribution < -0.4 is 0 Å². The SMILES string of the molecule is Cc1[c]scc1-c1cc(F)ccc1F. The third kappa shape index (κ3) is 1.55. The molecule has 0 atom stereocenters. The van der Waals surface area contributed by atoms with Gasteiger partial charge >= 0.3 is 0 Å². The highest BCUT2D eigenvalue weighted by molar-refractivity contribution is 7.07. The lowest BCUT2D eigenvalue weighted by Crippen LogP contribution is -1.86. The highest BCUT2D eigenvalue weighted by Gasteiger charge is 2.09. The van der Waals surface area contributed by atoms with Crippen molar-refractivity contribution in [1.82, 2.24) is 0 Å². The van der Waals surface area contributed by atoms with Gasteiger partial charge in [-0.15, -0.1) is 11.3 Å². The summed E-state index contributed by atoms with van der Waals surface area (Å²) < 4.78 is 26.2. The van der Waals surface area contributed by atoms with Crippen LogP contribution in [0.3, 0.4) is 0 Å². The van der Waals surface area contributed by atoms with Gasteiger partial charge in [0.1, 0.15) is 11.6 Å². The van der Waals surface area contributed by atoms with E-state index < -0.39 is 11.6 Å². The van der Waals surface area contributed by atoms with Crippen LogP contribution in [-0.4, -0.2) is 0 Å². The van der Waals surface area contributed by atoms with Crippen molar-refractivity contribution < 1.29 is 8.78 Å². The second-order valence-corrected chi connectivity index (χ2v) is 3.68. The summed E-state index contributed by atoms with van der Waals surface area (Å²) in [5.74, 6) is -0.826. The molecule has 1 radical (unpaired) electrons. The van der Waals surface area contributed by atoms with Crippen LogP contribution in [0.4, 0.5) is 8.78 Å². The maximum atomic E-state index is 13.3. The number of hydrogen-bond acceptors (Lipinski definition) is 1. The summed E-state index contributed by atoms with van der Waals surface area (Å²) in [5, 5.41) is 4.74. The van der Waals surface area contributed by atoms with Gasteiger partial charge in [-0.05, 0) is 41.6 Å². The minimum absolute atomic E-state index is 0.306. The van der Waals surface area contributed by atoms with E-state index in [1.54, 1.807) is 5.38 Å². The Hall–Kier alpha value is -1.22. The molecule has 1 aromatic heterocycles. The van der Waals surface area contributed by atoms with Crippen LogP contribution in [0.1, 0.15) is 5.56 Å². The van der Waals surface area contributed by atoms with Crippen molar-refractivity contribution in [2.75, 3.05) is 0 Å². The highest BCUT2D eigenvalue weighted by atomic mass is 32.1. The Kier molecular flexibility index (Phi) is 2.33. The predicted octanol–water partition coefficient (Wildman–Crippen LogP) is 3.80. The van der Waals surface area contributed by atoms with Crippen LogP contribution in [0.5, 0.6) is 0 Å². The second kappa shape index (κ2) is 3.50. The highest BCUT2D eigenvalue weighted by Crippen LogP contribution is 2.28. The second-order valence-electron chi connectivity index (χ2n) is 3.00. The molecule has 0 aliphatic heterocycles. The van der Waals surface area contributed by atoms with E-state index >= 15 is 0 Å². The van der Waals surface area contributed by atoms with E-state index in [4.69, 9.17) is 0 Å². The summed E-state index contributed by atoms with van der Waals surface area (Å²) in [5.41, 5.74) is 1.87. The van der Waals surface area contributed by atoms with E-state index in [1.165, 1.54) is 17.4 Å². The Balaban J connectivity index is 2.62. The first-order chi connectivity index (χ1) is 6.68. The van der Waals surface area contributed by atoms with Gasteiger partial charge in [-0.2, -0.15) is 0 Å². The molecule has 0 unspecified atom stereocenters. The Morgan fingerprint density at radius 2 is 2.00 bits per heavy atom. The van der Waals surface area contributed by atoms with E-state index in [0.717, 1.165) is 17.7 Å². The van der Waals surface area contributed by atoms with Crippen LogP contribution in [0, 0.1) is 23.9 Å². The van der Waals surface area contributed by atoms with Crippen LogP contribution in [0.2, 0.25) is 0 Å². The van der Waals surface area contributed by atoms with Gasteiger partial charge in [0.25, 0.3) is 0 Å². The molecule has 0 amide bonds. The molecule has 0 aliphatic carbocycles. The molecule has 71 valence electrons. The van der Waals surface area contributed by atoms with E-state index in [-0.39, 0.29) is 0 Å². The number of aryl methyl sites for hydroxylation is 1. The van der Waals surface area contributed by atoms with E-state index in [1.807, 2.05) is 6.92 Å². The van der Waals surface area contributed by atoms with E-state index in [2.05, 4.69) is 5.38 Å². The fourth-order valence-electron chi connectivity index (χ4n) is 1.29. The zero-order valence-corrected chi connectivity index (χ0v) is 8.29. The average Bonchev–Trinajstić information content (AvgIpc) is 2.56. The molecule has 0 bridgehead atoms. The van der Waals surface area contributed by atoms with Crippen molar-refractivity contribution in [3.8, 4) is 11.1 Å². The number of halogens is 2. The molecule has 0 saturated carbocycles. The van der Waals surface area contributed by atoms with Gasteiger partial charge in [0.2, 0.25) is 0 Å². The first kappa shape index (κ1) is 9.34. The molecule has 0 spiro atoms. The minimum atomic E-state index is -0.424. The molecule has 0 fully saturated rings. The molecule has 2 rings (SSSR count). The van der Waals surface area contributed by atoms with Crippen LogP contribution in [0.15, 0.2) is 23.6 Å². The molecule has 3 heteroatoms. The Morgan fingerprint density at radius 1 is 1.21 bits per heavy atom. The van der Waals surface area contributed by atoms with Gasteiger partial charge in [-0.25, -0.2) is 8.78 Å². The average molecular weight is 209 g/mol. The minimum Gasteiger partial charge on any atom is -0.207 e. The fourth-order valence-corrected chi connectivity index (χ4v) is 2.06. The van der Waals surface area contributed by atoms with Crippen LogP contribution in [-0.2, 0) is 0 Å². The number of rotatable bonds is 1. The van der Waals surface area contributed by atoms with Crippen molar-refractivity contribution in [3.63, 3.8) is 0 Å². The molecule has 14 heavy (non-hydrogen) atoms. The van der Waals surface area contributed by atoms with Gasteiger partial charge in [0, 0.05) is 10.9 Å². The quantitative estimate of drug-likeness (QED) is 0.670. The van der Waals surface area contributed by atoms with Crippen molar-refractivity contribution in [1.29, 1.82) is 0 Å². The maximum absolute atomic E-state index is 13.3. The van der Waals surface area contributed by atoms with E-state index in [0.29, 0.717) is 11.1 Å². The molecule has 0 N–H and O–H groups in total. The van der Waals surface area contributed by atoms with Gasteiger partial charge in [-0.1, -0.05) is 0 Å². The Bertz CT molecular complexity index is 460. The summed E-state index contributed by atoms with van der Waals surface area (Å²) in [6.07, 6.45) is 0. The van der Waals surface area contributed by atoms with Crippen molar-refractivity contribution in [2.45, 2.75) is 6.92 Å². The zero-order chi connectivity index (χ0) is 10.1. The van der Waals surface area contributed by atoms with Crippen LogP contribution >= 0.6 is 11.3 Å². The van der Waals surface area contributed by atoms with Crippen molar-refractivity contribution in [2.24, 2.45) is 0 Å². The summed E-state index contributed by atoms with van der Waals surface area (Å²) in [7, 11) is 0. The Labute approximate surface area is 84.8 Å². The Morgan fingerprint density at radius 3 is 2.64 bits per heavy atom. The van der Waals surface area contributed by atoms with Crippen LogP contribution in [0.25, 0.3) is 11.1 Å². The summed E-state index contributed by atoms with van der Waals surface area (Å²) >= 11 is 1.36. The number of benzene rings is 1. The van der Waals surface area contributed by atoms with Gasteiger partial charge in [0.05, 0.1) is 0 Å². The largest absolute Gasteiger partial charge is 0.207 e. The monoisotopic (exact) mass is 209 g/mol. The summed E-state index contributed by atoms with van der Waals surface area (Å²) in [6.45, 7) is 1.83. The molecule has 1 heterocycles. The lowest BCUT2D eigenvalue weighted by Gasteiger charge is -2.02. The van der Waals surface area contributed by atoms with Gasteiger partial charge in [0.15, 0.2) is 0 Å². The molecule has 2 aromatic rings. The predicted molar refractivity (Wildman–Crippen MR) is 53.2 cm³/mol. The molecular formula is C11H7F2S. The molecule has 1 aromatic carbocycles. The third-order valence-corrected chi connectivity index (χ3v) is 2.79. The van der Waals surface area contributed by atoms with Crippen molar-refractivity contribution in [3.05, 3.63) is 46.2 Å². The third-order valence-electron chi connectivity index (χ3n) is 2.01. The number of thiophene rings is 1. The van der Waals surface area contributed by atoms with Gasteiger partial charge < -0.3 is 0 Å². The fraction of sp³-hybridized carbons (Fsp3) is 0.0909. The smallest absolute Gasteiger partial charge is 0.131 e. The first-order valence-corrected chi connectivity index (χ1v) is 4.97. The number of hydrogen-bond donors (Lipinski definition) is 0. The zero-order valence-electron chi connectivity index (χ0n) is 7.47. The topological polar surface area (TPSA) is 0 Å². The maximum Gasteiger partial charge on any atom is 0.131 e. The molecule has 0 nitrogen and oxygen atoms in total. The summed E-state index contributed by atoms with van der Waals surface area (Å²) in [6, 6.07) is 3.46. The molecule has 0 aliphatic rings. The normalized spacial score (nSPS) is 10.5. The molecular weight excluding hydrogens is 202 g/mol. The molecule has 0 saturated heterocycles.